The molecule has 0 aliphatic heterocycles. The van der Waals surface area contributed by atoms with E-state index in [0.29, 0.717) is 12.8 Å². The Bertz CT molecular complexity index is 694. The van der Waals surface area contributed by atoms with Crippen molar-refractivity contribution in [3.63, 3.8) is 0 Å². The molecule has 3 nitrogen and oxygen atoms in total. The molecule has 6 heteroatoms. The topological polar surface area (TPSA) is 38.3 Å². The van der Waals surface area contributed by atoms with Crippen molar-refractivity contribution in [3.05, 3.63) is 57.6 Å². The summed E-state index contributed by atoms with van der Waals surface area (Å²) < 4.78 is 29.5. The Hall–Kier alpha value is -1.95. The zero-order valence-corrected chi connectivity index (χ0v) is 15.0. The molecule has 0 radical (unpaired) electrons. The molecule has 0 fully saturated rings. The summed E-state index contributed by atoms with van der Waals surface area (Å²) >= 11 is 3.43. The number of rotatable bonds is 6. The minimum Gasteiger partial charge on any atom is -0.435 e. The number of amides is 1. The minimum absolute atomic E-state index is 0.0866. The third-order valence-electron chi connectivity index (χ3n) is 3.55. The Balaban J connectivity index is 1.92. The summed E-state index contributed by atoms with van der Waals surface area (Å²) in [4.78, 5) is 12.1. The predicted molar refractivity (Wildman–Crippen MR) is 93.6 cm³/mol. The normalized spacial score (nSPS) is 10.8. The van der Waals surface area contributed by atoms with Gasteiger partial charge in [0.05, 0.1) is 0 Å². The molecule has 0 saturated carbocycles. The number of alkyl halides is 2. The quantitative estimate of drug-likeness (QED) is 0.723. The van der Waals surface area contributed by atoms with E-state index in [2.05, 4.69) is 26.0 Å². The molecule has 0 aliphatic rings. The first-order chi connectivity index (χ1) is 11.3. The number of carbonyl (C=O) groups excluding carboxylic acids is 1. The van der Waals surface area contributed by atoms with Gasteiger partial charge in [0.1, 0.15) is 5.75 Å². The maximum Gasteiger partial charge on any atom is 0.387 e. The Morgan fingerprint density at radius 1 is 1.17 bits per heavy atom. The summed E-state index contributed by atoms with van der Waals surface area (Å²) in [6, 6.07) is 10.2. The number of anilines is 1. The smallest absolute Gasteiger partial charge is 0.387 e. The number of nitrogens with one attached hydrogen (secondary N) is 1. The third-order valence-corrected chi connectivity index (χ3v) is 4.01. The Labute approximate surface area is 148 Å². The zero-order valence-electron chi connectivity index (χ0n) is 13.4. The lowest BCUT2D eigenvalue weighted by Gasteiger charge is -2.12. The van der Waals surface area contributed by atoms with E-state index in [9.17, 15) is 13.6 Å². The summed E-state index contributed by atoms with van der Waals surface area (Å²) in [5.41, 5.74) is 3.69. The number of aryl methyl sites for hydroxylation is 3. The average molecular weight is 398 g/mol. The maximum atomic E-state index is 12.1. The van der Waals surface area contributed by atoms with Gasteiger partial charge >= 0.3 is 6.61 Å². The molecule has 2 rings (SSSR count). The first-order valence-corrected chi connectivity index (χ1v) is 8.25. The molecular formula is C18H18BrF2NO2. The molecule has 2 aromatic rings. The summed E-state index contributed by atoms with van der Waals surface area (Å²) in [6.07, 6.45) is 0.833. The Morgan fingerprint density at radius 2 is 1.75 bits per heavy atom. The minimum atomic E-state index is -2.83. The molecule has 0 heterocycles. The standard InChI is InChI=1S/C18H18BrF2NO2/c1-11-9-14(19)10-12(2)17(11)22-16(23)8-5-13-3-6-15(7-4-13)24-18(20)21/h3-4,6-7,9-10,18H,5,8H2,1-2H3,(H,22,23). The van der Waals surface area contributed by atoms with Gasteiger partial charge in [-0.25, -0.2) is 0 Å². The van der Waals surface area contributed by atoms with Crippen LogP contribution in [0.4, 0.5) is 14.5 Å². The first-order valence-electron chi connectivity index (χ1n) is 7.45. The van der Waals surface area contributed by atoms with Crippen LogP contribution in [0.25, 0.3) is 0 Å². The van der Waals surface area contributed by atoms with Crippen LogP contribution < -0.4 is 10.1 Å². The summed E-state index contributed by atoms with van der Waals surface area (Å²) in [7, 11) is 0. The van der Waals surface area contributed by atoms with Gasteiger partial charge in [-0.1, -0.05) is 28.1 Å². The summed E-state index contributed by atoms with van der Waals surface area (Å²) in [5.74, 6) is 0.0238. The van der Waals surface area contributed by atoms with Crippen molar-refractivity contribution in [3.8, 4) is 5.75 Å². The number of carbonyl (C=O) groups is 1. The lowest BCUT2D eigenvalue weighted by molar-refractivity contribution is -0.116. The van der Waals surface area contributed by atoms with Gasteiger partial charge in [0.2, 0.25) is 5.91 Å². The van der Waals surface area contributed by atoms with Crippen LogP contribution in [-0.2, 0) is 11.2 Å². The van der Waals surface area contributed by atoms with E-state index < -0.39 is 6.61 Å². The zero-order chi connectivity index (χ0) is 17.7. The highest BCUT2D eigenvalue weighted by Crippen LogP contribution is 2.25. The van der Waals surface area contributed by atoms with Crippen LogP contribution in [0.15, 0.2) is 40.9 Å². The van der Waals surface area contributed by atoms with Gasteiger partial charge in [0, 0.05) is 16.6 Å². The summed E-state index contributed by atoms with van der Waals surface area (Å²) in [5, 5.41) is 2.93. The van der Waals surface area contributed by atoms with Crippen LogP contribution in [-0.4, -0.2) is 12.5 Å². The molecule has 0 atom stereocenters. The number of hydrogen-bond acceptors (Lipinski definition) is 2. The molecule has 0 aromatic heterocycles. The molecular weight excluding hydrogens is 380 g/mol. The van der Waals surface area contributed by atoms with Crippen molar-refractivity contribution in [2.24, 2.45) is 0 Å². The fraction of sp³-hybridized carbons (Fsp3) is 0.278. The van der Waals surface area contributed by atoms with E-state index in [1.807, 2.05) is 26.0 Å². The highest BCUT2D eigenvalue weighted by Gasteiger charge is 2.09. The highest BCUT2D eigenvalue weighted by atomic mass is 79.9. The lowest BCUT2D eigenvalue weighted by Crippen LogP contribution is -2.14. The van der Waals surface area contributed by atoms with E-state index in [1.165, 1.54) is 12.1 Å². The lowest BCUT2D eigenvalue weighted by atomic mass is 10.1. The van der Waals surface area contributed by atoms with Crippen molar-refractivity contribution >= 4 is 27.5 Å². The molecule has 2 aromatic carbocycles. The van der Waals surface area contributed by atoms with Crippen LogP contribution >= 0.6 is 15.9 Å². The second kappa shape index (κ2) is 8.24. The van der Waals surface area contributed by atoms with Crippen LogP contribution in [0.3, 0.4) is 0 Å². The third kappa shape index (κ3) is 5.30. The molecule has 0 aliphatic carbocycles. The van der Waals surface area contributed by atoms with E-state index in [-0.39, 0.29) is 11.7 Å². The molecule has 1 amide bonds. The summed E-state index contributed by atoms with van der Waals surface area (Å²) in [6.45, 7) is 1.04. The van der Waals surface area contributed by atoms with Crippen LogP contribution in [0.5, 0.6) is 5.75 Å². The number of halogens is 3. The van der Waals surface area contributed by atoms with Crippen LogP contribution in [0.1, 0.15) is 23.1 Å². The Morgan fingerprint density at radius 3 is 2.29 bits per heavy atom. The second-order valence-electron chi connectivity index (χ2n) is 5.49. The molecule has 1 N–H and O–H groups in total. The Kier molecular flexibility index (Phi) is 6.31. The number of hydrogen-bond donors (Lipinski definition) is 1. The van der Waals surface area contributed by atoms with Gasteiger partial charge in [-0.05, 0) is 61.2 Å². The van der Waals surface area contributed by atoms with Gasteiger partial charge in [-0.2, -0.15) is 8.78 Å². The van der Waals surface area contributed by atoms with Gasteiger partial charge in [0.25, 0.3) is 0 Å². The number of benzene rings is 2. The van der Waals surface area contributed by atoms with Gasteiger partial charge in [0.15, 0.2) is 0 Å². The molecule has 0 spiro atoms. The van der Waals surface area contributed by atoms with Crippen LogP contribution in [0.2, 0.25) is 0 Å². The molecule has 128 valence electrons. The van der Waals surface area contributed by atoms with Crippen molar-refractivity contribution in [2.45, 2.75) is 33.3 Å². The van der Waals surface area contributed by atoms with E-state index in [4.69, 9.17) is 0 Å². The number of ether oxygens (including phenoxy) is 1. The fourth-order valence-corrected chi connectivity index (χ4v) is 3.09. The second-order valence-corrected chi connectivity index (χ2v) is 6.40. The SMILES string of the molecule is Cc1cc(Br)cc(C)c1NC(=O)CCc1ccc(OC(F)F)cc1. The first kappa shape index (κ1) is 18.4. The van der Waals surface area contributed by atoms with E-state index in [1.54, 1.807) is 12.1 Å². The van der Waals surface area contributed by atoms with Crippen molar-refractivity contribution in [1.29, 1.82) is 0 Å². The van der Waals surface area contributed by atoms with E-state index >= 15 is 0 Å². The molecule has 24 heavy (non-hydrogen) atoms. The van der Waals surface area contributed by atoms with E-state index in [0.717, 1.165) is 26.9 Å². The molecule has 0 unspecified atom stereocenters. The molecule has 0 bridgehead atoms. The van der Waals surface area contributed by atoms with Crippen molar-refractivity contribution < 1.29 is 18.3 Å². The monoisotopic (exact) mass is 397 g/mol. The van der Waals surface area contributed by atoms with Crippen LogP contribution in [0, 0.1) is 13.8 Å². The molecule has 0 saturated heterocycles. The maximum absolute atomic E-state index is 12.1. The highest BCUT2D eigenvalue weighted by molar-refractivity contribution is 9.10. The average Bonchev–Trinajstić information content (AvgIpc) is 2.49. The van der Waals surface area contributed by atoms with Gasteiger partial charge in [-0.3, -0.25) is 4.79 Å². The predicted octanol–water partition coefficient (Wildman–Crippen LogP) is 5.24. The van der Waals surface area contributed by atoms with Gasteiger partial charge < -0.3 is 10.1 Å². The largest absolute Gasteiger partial charge is 0.435 e. The fourth-order valence-electron chi connectivity index (χ4n) is 2.41. The van der Waals surface area contributed by atoms with Crippen molar-refractivity contribution in [2.75, 3.05) is 5.32 Å². The van der Waals surface area contributed by atoms with Crippen molar-refractivity contribution in [1.82, 2.24) is 0 Å². The van der Waals surface area contributed by atoms with Gasteiger partial charge in [-0.15, -0.1) is 0 Å².